The fraction of sp³-hybridized carbons (Fsp3) is 0.750. The summed E-state index contributed by atoms with van der Waals surface area (Å²) >= 11 is 0. The molecule has 0 aromatic heterocycles. The van der Waals surface area contributed by atoms with Gasteiger partial charge in [0.25, 0.3) is 0 Å². The Hall–Kier alpha value is -3.22. The molecule has 2 aromatic rings. The van der Waals surface area contributed by atoms with Gasteiger partial charge in [-0.25, -0.2) is 4.79 Å². The van der Waals surface area contributed by atoms with Gasteiger partial charge in [-0.2, -0.15) is 0 Å². The molecular weight excluding hydrogens is 785 g/mol. The van der Waals surface area contributed by atoms with Gasteiger partial charge in [-0.15, -0.1) is 0 Å². The molecule has 7 nitrogen and oxygen atoms in total. The summed E-state index contributed by atoms with van der Waals surface area (Å²) < 4.78 is 25.1. The van der Waals surface area contributed by atoms with Gasteiger partial charge in [-0.05, 0) is 49.6 Å². The van der Waals surface area contributed by atoms with Crippen LogP contribution in [0.4, 0.5) is 0 Å². The van der Waals surface area contributed by atoms with E-state index in [1.165, 1.54) is 211 Å². The number of phenolic OH excluding ortho intramolecular Hbond substituents is 1. The molecule has 2 aromatic carbocycles. The molecule has 0 unspecified atom stereocenters. The average Bonchev–Trinajstić information content (AvgIpc) is 3.29. The number of ether oxygens (including phenoxy) is 4. The molecule has 0 radical (unpaired) electrons. The zero-order chi connectivity index (χ0) is 45.3. The summed E-state index contributed by atoms with van der Waals surface area (Å²) in [5, 5.41) is 10.00. The predicted molar refractivity (Wildman–Crippen MR) is 265 cm³/mol. The largest absolute Gasteiger partial charge is 0.507 e. The van der Waals surface area contributed by atoms with Crippen LogP contribution in [0.2, 0.25) is 0 Å². The quantitative estimate of drug-likeness (QED) is 0.0307. The Bertz CT molecular complexity index is 1340. The van der Waals surface area contributed by atoms with E-state index in [-0.39, 0.29) is 22.6 Å². The Balaban J connectivity index is 2.05. The van der Waals surface area contributed by atoms with Crippen molar-refractivity contribution in [1.29, 1.82) is 0 Å². The van der Waals surface area contributed by atoms with Gasteiger partial charge in [0.1, 0.15) is 11.5 Å². The number of hydrogen-bond donors (Lipinski definition) is 1. The van der Waals surface area contributed by atoms with E-state index in [1.54, 1.807) is 12.1 Å². The third-order valence-corrected chi connectivity index (χ3v) is 12.3. The number of aromatic hydroxyl groups is 1. The minimum Gasteiger partial charge on any atom is -0.507 e. The normalized spacial score (nSPS) is 11.2. The van der Waals surface area contributed by atoms with Crippen molar-refractivity contribution >= 4 is 12.3 Å². The van der Waals surface area contributed by atoms with Gasteiger partial charge in [0.05, 0.1) is 30.9 Å². The van der Waals surface area contributed by atoms with E-state index in [4.69, 9.17) is 18.9 Å². The van der Waals surface area contributed by atoms with E-state index in [9.17, 15) is 14.7 Å². The summed E-state index contributed by atoms with van der Waals surface area (Å²) in [5.41, 5.74) is 0.336. The standard InChI is InChI=1S/C56H94O7/c1-4-7-10-13-16-19-22-25-28-31-34-37-42-60-53-46-49(56(59)63-51-40-41-52(58)50(45-51)48-57)47-54(61-43-38-35-32-29-26-23-20-17-14-11-8-5-2)55(53)62-44-39-36-33-30-27-24-21-18-15-12-9-6-3/h40-41,45-48,58H,4-39,42-44H2,1-3H3. The third-order valence-electron chi connectivity index (χ3n) is 12.3. The Morgan fingerprint density at radius 1 is 0.444 bits per heavy atom. The van der Waals surface area contributed by atoms with E-state index < -0.39 is 5.97 Å². The molecule has 63 heavy (non-hydrogen) atoms. The van der Waals surface area contributed by atoms with Crippen LogP contribution in [-0.2, 0) is 0 Å². The van der Waals surface area contributed by atoms with Crippen LogP contribution in [0.15, 0.2) is 30.3 Å². The molecule has 0 aliphatic heterocycles. The summed E-state index contributed by atoms with van der Waals surface area (Å²) in [6.45, 7) is 8.40. The van der Waals surface area contributed by atoms with E-state index in [0.29, 0.717) is 43.4 Å². The highest BCUT2D eigenvalue weighted by Crippen LogP contribution is 2.40. The molecular formula is C56H94O7. The Morgan fingerprint density at radius 3 is 1.10 bits per heavy atom. The maximum absolute atomic E-state index is 13.7. The van der Waals surface area contributed by atoms with Gasteiger partial charge < -0.3 is 24.1 Å². The zero-order valence-electron chi connectivity index (χ0n) is 40.9. The van der Waals surface area contributed by atoms with Gasteiger partial charge in [0.15, 0.2) is 17.8 Å². The Kier molecular flexibility index (Phi) is 35.8. The first-order valence-corrected chi connectivity index (χ1v) is 26.6. The number of phenols is 1. The van der Waals surface area contributed by atoms with Gasteiger partial charge in [-0.3, -0.25) is 4.79 Å². The second-order valence-corrected chi connectivity index (χ2v) is 18.2. The molecule has 360 valence electrons. The van der Waals surface area contributed by atoms with Crippen LogP contribution < -0.4 is 18.9 Å². The van der Waals surface area contributed by atoms with Crippen LogP contribution in [0.3, 0.4) is 0 Å². The summed E-state index contributed by atoms with van der Waals surface area (Å²) in [4.78, 5) is 25.1. The lowest BCUT2D eigenvalue weighted by atomic mass is 10.1. The van der Waals surface area contributed by atoms with E-state index in [2.05, 4.69) is 20.8 Å². The van der Waals surface area contributed by atoms with Crippen molar-refractivity contribution in [2.45, 2.75) is 252 Å². The number of aldehydes is 1. The Morgan fingerprint density at radius 2 is 0.762 bits per heavy atom. The number of rotatable bonds is 45. The fourth-order valence-electron chi connectivity index (χ4n) is 8.28. The predicted octanol–water partition coefficient (Wildman–Crippen LogP) is 17.7. The number of unbranched alkanes of at least 4 members (excludes halogenated alkanes) is 33. The monoisotopic (exact) mass is 879 g/mol. The van der Waals surface area contributed by atoms with Crippen LogP contribution in [0.25, 0.3) is 0 Å². The van der Waals surface area contributed by atoms with Gasteiger partial charge in [0.2, 0.25) is 5.75 Å². The number of benzene rings is 2. The van der Waals surface area contributed by atoms with Crippen molar-refractivity contribution in [3.05, 3.63) is 41.5 Å². The van der Waals surface area contributed by atoms with Gasteiger partial charge in [-0.1, -0.05) is 233 Å². The first-order valence-electron chi connectivity index (χ1n) is 26.6. The molecule has 7 heteroatoms. The summed E-state index contributed by atoms with van der Waals surface area (Å²) in [7, 11) is 0. The molecule has 0 amide bonds. The molecule has 0 heterocycles. The SMILES string of the molecule is CCCCCCCCCCCCCCOc1cc(C(=O)Oc2ccc(O)c(C=O)c2)cc(OCCCCCCCCCCCCCC)c1OCCCCCCCCCCCCCC. The molecule has 0 saturated carbocycles. The molecule has 0 spiro atoms. The van der Waals surface area contributed by atoms with Crippen LogP contribution in [0.5, 0.6) is 28.7 Å². The van der Waals surface area contributed by atoms with Crippen LogP contribution in [0.1, 0.15) is 273 Å². The van der Waals surface area contributed by atoms with Crippen LogP contribution in [0, 0.1) is 0 Å². The molecule has 0 aliphatic rings. The maximum Gasteiger partial charge on any atom is 0.343 e. The second-order valence-electron chi connectivity index (χ2n) is 18.2. The number of hydrogen-bond acceptors (Lipinski definition) is 7. The van der Waals surface area contributed by atoms with E-state index in [0.717, 1.165) is 38.5 Å². The molecule has 0 bridgehead atoms. The molecule has 1 N–H and O–H groups in total. The number of carbonyl (C=O) groups is 2. The molecule has 0 aliphatic carbocycles. The maximum atomic E-state index is 13.7. The molecule has 0 atom stereocenters. The highest BCUT2D eigenvalue weighted by molar-refractivity contribution is 5.93. The van der Waals surface area contributed by atoms with Gasteiger partial charge in [0, 0.05) is 0 Å². The number of carbonyl (C=O) groups excluding carboxylic acids is 2. The second kappa shape index (κ2) is 40.3. The molecule has 0 saturated heterocycles. The molecule has 0 fully saturated rings. The lowest BCUT2D eigenvalue weighted by Crippen LogP contribution is -2.12. The van der Waals surface area contributed by atoms with Crippen molar-refractivity contribution in [2.75, 3.05) is 19.8 Å². The minimum atomic E-state index is -0.601. The topological polar surface area (TPSA) is 91.3 Å². The van der Waals surface area contributed by atoms with Crippen molar-refractivity contribution in [3.8, 4) is 28.7 Å². The molecule has 2 rings (SSSR count). The smallest absolute Gasteiger partial charge is 0.343 e. The highest BCUT2D eigenvalue weighted by atomic mass is 16.5. The summed E-state index contributed by atoms with van der Waals surface area (Å²) in [6, 6.07) is 7.60. The van der Waals surface area contributed by atoms with E-state index >= 15 is 0 Å². The van der Waals surface area contributed by atoms with Crippen LogP contribution in [-0.4, -0.2) is 37.2 Å². The Labute approximate surface area is 386 Å². The van der Waals surface area contributed by atoms with Crippen molar-refractivity contribution in [3.63, 3.8) is 0 Å². The van der Waals surface area contributed by atoms with E-state index in [1.807, 2.05) is 0 Å². The van der Waals surface area contributed by atoms with Crippen molar-refractivity contribution in [2.24, 2.45) is 0 Å². The summed E-state index contributed by atoms with van der Waals surface area (Å²) in [5.74, 6) is 0.952. The lowest BCUT2D eigenvalue weighted by molar-refractivity contribution is 0.0732. The minimum absolute atomic E-state index is 0.0553. The van der Waals surface area contributed by atoms with Crippen molar-refractivity contribution < 1.29 is 33.6 Å². The first kappa shape index (κ1) is 55.9. The first-order chi connectivity index (χ1) is 31.0. The fourth-order valence-corrected chi connectivity index (χ4v) is 8.28. The lowest BCUT2D eigenvalue weighted by Gasteiger charge is -2.19. The average molecular weight is 879 g/mol. The van der Waals surface area contributed by atoms with Crippen molar-refractivity contribution in [1.82, 2.24) is 0 Å². The zero-order valence-corrected chi connectivity index (χ0v) is 40.9. The van der Waals surface area contributed by atoms with Gasteiger partial charge >= 0.3 is 5.97 Å². The van der Waals surface area contributed by atoms with Crippen LogP contribution >= 0.6 is 0 Å². The highest BCUT2D eigenvalue weighted by Gasteiger charge is 2.21. The number of esters is 1. The summed E-state index contributed by atoms with van der Waals surface area (Å²) in [6.07, 6.45) is 46.3. The third kappa shape index (κ3) is 29.0.